The molecule has 0 aromatic carbocycles. The van der Waals surface area contributed by atoms with Gasteiger partial charge in [-0.05, 0) is 51.4 Å². The standard InChI is InChI=1S/C38H80O17P4/c1-9-17-25-44-56(40,45-26-18-10-2)52-34-33-35(53-57(41,46-27-19-11-3)47-28-20-12-4)37(54-58(42,48-29-21-13-5)49-30-22-14-6)38(36(34)39)55-59(43,50-31-23-15-7)51-32-24-16-8/h34-39H,9-33H2,1-8H3/t34-,35+,36-,37-,38+/m0/s1. The zero-order valence-electron chi connectivity index (χ0n) is 37.3. The van der Waals surface area contributed by atoms with Gasteiger partial charge >= 0.3 is 31.3 Å². The van der Waals surface area contributed by atoms with Crippen LogP contribution in [0, 0.1) is 0 Å². The summed E-state index contributed by atoms with van der Waals surface area (Å²) in [5, 5.41) is 12.2. The van der Waals surface area contributed by atoms with Crippen LogP contribution in [-0.4, -0.2) is 88.5 Å². The highest BCUT2D eigenvalue weighted by Gasteiger charge is 2.56. The summed E-state index contributed by atoms with van der Waals surface area (Å²) in [6, 6.07) is 0. The molecule has 1 rings (SSSR count). The first-order valence-corrected chi connectivity index (χ1v) is 28.1. The van der Waals surface area contributed by atoms with E-state index < -0.39 is 68.2 Å². The molecule has 1 aliphatic rings. The monoisotopic (exact) mass is 932 g/mol. The summed E-state index contributed by atoms with van der Waals surface area (Å²) < 4.78 is 129. The molecular weight excluding hydrogens is 852 g/mol. The van der Waals surface area contributed by atoms with Gasteiger partial charge in [-0.15, -0.1) is 0 Å². The third kappa shape index (κ3) is 23.8. The third-order valence-corrected chi connectivity index (χ3v) is 14.9. The Labute approximate surface area is 356 Å². The van der Waals surface area contributed by atoms with Crippen molar-refractivity contribution in [2.24, 2.45) is 0 Å². The van der Waals surface area contributed by atoms with Gasteiger partial charge in [0.25, 0.3) is 0 Å². The fourth-order valence-electron chi connectivity index (χ4n) is 5.17. The molecule has 0 aromatic heterocycles. The molecule has 0 unspecified atom stereocenters. The lowest BCUT2D eigenvalue weighted by Gasteiger charge is -2.45. The molecule has 0 bridgehead atoms. The highest BCUT2D eigenvalue weighted by atomic mass is 31.2. The van der Waals surface area contributed by atoms with Gasteiger partial charge in [0.1, 0.15) is 30.5 Å². The van der Waals surface area contributed by atoms with Crippen molar-refractivity contribution in [3.05, 3.63) is 0 Å². The van der Waals surface area contributed by atoms with Crippen molar-refractivity contribution in [2.45, 2.75) is 195 Å². The molecule has 59 heavy (non-hydrogen) atoms. The van der Waals surface area contributed by atoms with E-state index in [1.165, 1.54) is 0 Å². The number of unbranched alkanes of at least 4 members (excludes halogenated alkanes) is 8. The Bertz CT molecular complexity index is 1190. The predicted octanol–water partition coefficient (Wildman–Crippen LogP) is 12.3. The number of aliphatic hydroxyl groups excluding tert-OH is 1. The maximum absolute atomic E-state index is 14.6. The third-order valence-electron chi connectivity index (χ3n) is 8.88. The summed E-state index contributed by atoms with van der Waals surface area (Å²) in [5.41, 5.74) is 0. The predicted molar refractivity (Wildman–Crippen MR) is 227 cm³/mol. The molecule has 1 saturated carbocycles. The fraction of sp³-hybridized carbons (Fsp3) is 1.00. The van der Waals surface area contributed by atoms with Gasteiger partial charge in [-0.25, -0.2) is 18.3 Å². The molecule has 0 aromatic rings. The van der Waals surface area contributed by atoms with E-state index in [4.69, 9.17) is 54.3 Å². The summed E-state index contributed by atoms with van der Waals surface area (Å²) in [6.07, 6.45) is 0.905. The van der Waals surface area contributed by atoms with E-state index in [1.54, 1.807) is 0 Å². The zero-order chi connectivity index (χ0) is 44.0. The number of hydrogen-bond donors (Lipinski definition) is 1. The van der Waals surface area contributed by atoms with Gasteiger partial charge in [-0.2, -0.15) is 0 Å². The van der Waals surface area contributed by atoms with Crippen molar-refractivity contribution in [1.82, 2.24) is 0 Å². The van der Waals surface area contributed by atoms with Crippen molar-refractivity contribution >= 4 is 31.3 Å². The fourth-order valence-corrected chi connectivity index (χ4v) is 10.9. The Morgan fingerprint density at radius 1 is 0.356 bits per heavy atom. The normalized spacial score (nSPS) is 20.7. The number of hydrogen-bond acceptors (Lipinski definition) is 17. The minimum absolute atomic E-state index is 0.0108. The number of aliphatic hydroxyl groups is 1. The molecule has 1 aliphatic carbocycles. The Balaban J connectivity index is 4.07. The minimum Gasteiger partial charge on any atom is -0.388 e. The molecule has 0 spiro atoms. The number of rotatable bonds is 40. The first-order chi connectivity index (χ1) is 28.3. The largest absolute Gasteiger partial charge is 0.475 e. The molecule has 0 radical (unpaired) electrons. The maximum atomic E-state index is 14.6. The van der Waals surface area contributed by atoms with Crippen LogP contribution in [0.5, 0.6) is 0 Å². The van der Waals surface area contributed by atoms with Crippen LogP contribution in [-0.2, 0) is 72.5 Å². The van der Waals surface area contributed by atoms with Crippen LogP contribution in [0.1, 0.15) is 165 Å². The molecule has 17 nitrogen and oxygen atoms in total. The van der Waals surface area contributed by atoms with E-state index in [0.29, 0.717) is 89.9 Å². The van der Waals surface area contributed by atoms with Crippen molar-refractivity contribution in [2.75, 3.05) is 52.9 Å². The van der Waals surface area contributed by atoms with Crippen LogP contribution < -0.4 is 0 Å². The first kappa shape index (κ1) is 57.4. The smallest absolute Gasteiger partial charge is 0.388 e. The van der Waals surface area contributed by atoms with Crippen molar-refractivity contribution in [1.29, 1.82) is 0 Å². The molecule has 0 amide bonds. The van der Waals surface area contributed by atoms with Gasteiger partial charge in [0.15, 0.2) is 0 Å². The maximum Gasteiger partial charge on any atom is 0.475 e. The van der Waals surface area contributed by atoms with Crippen molar-refractivity contribution in [3.63, 3.8) is 0 Å². The van der Waals surface area contributed by atoms with Crippen LogP contribution >= 0.6 is 31.3 Å². The van der Waals surface area contributed by atoms with Crippen LogP contribution in [0.15, 0.2) is 0 Å². The lowest BCUT2D eigenvalue weighted by molar-refractivity contribution is -0.168. The van der Waals surface area contributed by atoms with E-state index in [-0.39, 0.29) is 52.9 Å². The second kappa shape index (κ2) is 33.0. The van der Waals surface area contributed by atoms with Gasteiger partial charge in [0, 0.05) is 6.42 Å². The van der Waals surface area contributed by atoms with Crippen molar-refractivity contribution < 1.29 is 77.7 Å². The van der Waals surface area contributed by atoms with Gasteiger partial charge in [0.05, 0.1) is 52.9 Å². The Morgan fingerprint density at radius 2 is 0.576 bits per heavy atom. The summed E-state index contributed by atoms with van der Waals surface area (Å²) >= 11 is 0. The molecule has 1 N–H and O–H groups in total. The summed E-state index contributed by atoms with van der Waals surface area (Å²) in [7, 11) is -18.0. The van der Waals surface area contributed by atoms with E-state index in [0.717, 1.165) is 12.8 Å². The minimum atomic E-state index is -4.57. The number of phosphoric acid groups is 4. The molecule has 0 aliphatic heterocycles. The van der Waals surface area contributed by atoms with Crippen LogP contribution in [0.2, 0.25) is 0 Å². The van der Waals surface area contributed by atoms with Gasteiger partial charge in [0.2, 0.25) is 0 Å². The summed E-state index contributed by atoms with van der Waals surface area (Å²) in [4.78, 5) is 0. The lowest BCUT2D eigenvalue weighted by Crippen LogP contribution is -2.58. The van der Waals surface area contributed by atoms with Gasteiger partial charge < -0.3 is 5.11 Å². The van der Waals surface area contributed by atoms with E-state index in [9.17, 15) is 23.4 Å². The van der Waals surface area contributed by atoms with Gasteiger partial charge in [-0.1, -0.05) is 107 Å². The molecule has 354 valence electrons. The topological polar surface area (TPSA) is 199 Å². The zero-order valence-corrected chi connectivity index (χ0v) is 40.9. The molecule has 5 atom stereocenters. The number of phosphoric ester groups is 4. The highest BCUT2D eigenvalue weighted by molar-refractivity contribution is 7.49. The Kier molecular flexibility index (Phi) is 32.1. The highest BCUT2D eigenvalue weighted by Crippen LogP contribution is 2.61. The Morgan fingerprint density at radius 3 is 0.831 bits per heavy atom. The summed E-state index contributed by atoms with van der Waals surface area (Å²) in [6.45, 7) is 15.5. The van der Waals surface area contributed by atoms with Gasteiger partial charge in [-0.3, -0.25) is 54.3 Å². The first-order valence-electron chi connectivity index (χ1n) is 22.2. The summed E-state index contributed by atoms with van der Waals surface area (Å²) in [5.74, 6) is 0. The molecular formula is C38H80O17P4. The van der Waals surface area contributed by atoms with Crippen LogP contribution in [0.4, 0.5) is 0 Å². The Hall–Kier alpha value is 0.400. The molecule has 1 fully saturated rings. The second-order valence-corrected chi connectivity index (χ2v) is 20.9. The van der Waals surface area contributed by atoms with E-state index >= 15 is 0 Å². The molecule has 21 heteroatoms. The molecule has 0 saturated heterocycles. The van der Waals surface area contributed by atoms with Crippen LogP contribution in [0.25, 0.3) is 0 Å². The van der Waals surface area contributed by atoms with E-state index in [1.807, 2.05) is 55.4 Å². The lowest BCUT2D eigenvalue weighted by atomic mass is 9.87. The average Bonchev–Trinajstić information content (AvgIpc) is 3.19. The van der Waals surface area contributed by atoms with E-state index in [2.05, 4.69) is 0 Å². The quantitative estimate of drug-likeness (QED) is 0.0449. The van der Waals surface area contributed by atoms with Crippen LogP contribution in [0.3, 0.4) is 0 Å². The average molecular weight is 933 g/mol. The SMILES string of the molecule is CCCCOP(=O)(OCCCC)O[C@@H]1[C@@H](O)[C@@H](OP(=O)(OCCCC)OCCCC)C[C@@H](OP(=O)(OCCCC)OCCCC)[C@@H]1OP(=O)(OCCCC)OCCCC. The molecule has 0 heterocycles. The second-order valence-electron chi connectivity index (χ2n) is 14.4. The van der Waals surface area contributed by atoms with Crippen molar-refractivity contribution in [3.8, 4) is 0 Å².